The molecule has 6 atom stereocenters. The second-order valence-corrected chi connectivity index (χ2v) is 6.28. The Hall–Kier alpha value is -2.03. The predicted octanol–water partition coefficient (Wildman–Crippen LogP) is -0.951. The highest BCUT2D eigenvalue weighted by atomic mass is 16.7. The second kappa shape index (κ2) is 4.73. The first kappa shape index (κ1) is 14.6. The smallest absolute Gasteiger partial charge is 0.255 e. The van der Waals surface area contributed by atoms with Crippen molar-refractivity contribution < 1.29 is 34.7 Å². The van der Waals surface area contributed by atoms with E-state index in [0.717, 1.165) is 0 Å². The van der Waals surface area contributed by atoms with E-state index in [0.29, 0.717) is 5.56 Å². The van der Waals surface area contributed by atoms with Gasteiger partial charge in [0.05, 0.1) is 17.8 Å². The molecule has 1 saturated carbocycles. The summed E-state index contributed by atoms with van der Waals surface area (Å²) in [6, 6.07) is 0.983. The van der Waals surface area contributed by atoms with E-state index in [4.69, 9.17) is 9.47 Å². The van der Waals surface area contributed by atoms with Crippen molar-refractivity contribution in [1.29, 1.82) is 0 Å². The SMILES string of the molecule is C[C@@H]1[C@H](O)[C@@H](O)[C@H](O)[C@@H]2c3cc4c(c(O)c3C(=O)N[C@H]12)OCO4. The first-order valence-corrected chi connectivity index (χ1v) is 7.42. The average Bonchev–Trinajstić information content (AvgIpc) is 2.99. The van der Waals surface area contributed by atoms with Gasteiger partial charge in [-0.1, -0.05) is 6.92 Å². The Labute approximate surface area is 131 Å². The molecule has 0 spiro atoms. The molecule has 5 N–H and O–H groups in total. The van der Waals surface area contributed by atoms with E-state index in [1.54, 1.807) is 13.0 Å². The number of nitrogens with one attached hydrogen (secondary N) is 1. The molecule has 0 radical (unpaired) electrons. The Balaban J connectivity index is 1.91. The van der Waals surface area contributed by atoms with Crippen LogP contribution in [0.4, 0.5) is 0 Å². The van der Waals surface area contributed by atoms with E-state index >= 15 is 0 Å². The van der Waals surface area contributed by atoms with Gasteiger partial charge in [-0.05, 0) is 11.6 Å². The van der Waals surface area contributed by atoms with E-state index < -0.39 is 42.1 Å². The quantitative estimate of drug-likeness (QED) is 0.416. The van der Waals surface area contributed by atoms with Crippen LogP contribution in [0.1, 0.15) is 28.8 Å². The van der Waals surface area contributed by atoms with Crippen molar-refractivity contribution in [3.05, 3.63) is 17.2 Å². The summed E-state index contributed by atoms with van der Waals surface area (Å²) in [5, 5.41) is 43.6. The number of ether oxygens (including phenoxy) is 2. The summed E-state index contributed by atoms with van der Waals surface area (Å²) < 4.78 is 10.4. The van der Waals surface area contributed by atoms with Gasteiger partial charge in [-0.15, -0.1) is 0 Å². The molecule has 8 nitrogen and oxygen atoms in total. The lowest BCUT2D eigenvalue weighted by atomic mass is 9.67. The highest BCUT2D eigenvalue weighted by Gasteiger charge is 2.52. The minimum atomic E-state index is -1.35. The van der Waals surface area contributed by atoms with Crippen molar-refractivity contribution in [3.8, 4) is 17.2 Å². The lowest BCUT2D eigenvalue weighted by Crippen LogP contribution is -2.63. The first-order valence-electron chi connectivity index (χ1n) is 7.42. The van der Waals surface area contributed by atoms with Crippen LogP contribution in [0, 0.1) is 5.92 Å². The van der Waals surface area contributed by atoms with E-state index in [-0.39, 0.29) is 29.6 Å². The van der Waals surface area contributed by atoms with Crippen LogP contribution in [0.15, 0.2) is 6.07 Å². The zero-order chi connectivity index (χ0) is 16.5. The third kappa shape index (κ3) is 1.79. The molecule has 23 heavy (non-hydrogen) atoms. The van der Waals surface area contributed by atoms with Gasteiger partial charge in [0.25, 0.3) is 5.91 Å². The van der Waals surface area contributed by atoms with Gasteiger partial charge in [-0.25, -0.2) is 0 Å². The summed E-state index contributed by atoms with van der Waals surface area (Å²) >= 11 is 0. The number of hydrogen-bond donors (Lipinski definition) is 5. The highest BCUT2D eigenvalue weighted by molar-refractivity contribution is 6.01. The van der Waals surface area contributed by atoms with Gasteiger partial charge in [-0.2, -0.15) is 0 Å². The molecular formula is C15H17NO7. The van der Waals surface area contributed by atoms with E-state index in [1.165, 1.54) is 0 Å². The zero-order valence-corrected chi connectivity index (χ0v) is 12.3. The van der Waals surface area contributed by atoms with Crippen molar-refractivity contribution in [2.45, 2.75) is 37.2 Å². The Bertz CT molecular complexity index is 691. The molecule has 2 aliphatic heterocycles. The molecule has 0 aromatic heterocycles. The predicted molar refractivity (Wildman–Crippen MR) is 75.4 cm³/mol. The van der Waals surface area contributed by atoms with Gasteiger partial charge in [0, 0.05) is 17.9 Å². The van der Waals surface area contributed by atoms with E-state index in [1.807, 2.05) is 0 Å². The van der Waals surface area contributed by atoms with Crippen LogP contribution in [0.25, 0.3) is 0 Å². The summed E-state index contributed by atoms with van der Waals surface area (Å²) in [6.45, 7) is 1.62. The Morgan fingerprint density at radius 3 is 2.65 bits per heavy atom. The molecule has 1 fully saturated rings. The molecule has 0 unspecified atom stereocenters. The number of phenolic OH excluding ortho intramolecular Hbond substituents is 1. The number of carbonyl (C=O) groups excluding carboxylic acids is 1. The number of hydrogen-bond acceptors (Lipinski definition) is 7. The fourth-order valence-electron chi connectivity index (χ4n) is 3.85. The molecule has 1 aromatic rings. The van der Waals surface area contributed by atoms with Gasteiger partial charge in [0.15, 0.2) is 11.5 Å². The fraction of sp³-hybridized carbons (Fsp3) is 0.533. The molecule has 8 heteroatoms. The van der Waals surface area contributed by atoms with E-state index in [9.17, 15) is 25.2 Å². The topological polar surface area (TPSA) is 128 Å². The minimum absolute atomic E-state index is 0.00494. The van der Waals surface area contributed by atoms with Crippen molar-refractivity contribution in [1.82, 2.24) is 5.32 Å². The summed E-state index contributed by atoms with van der Waals surface area (Å²) in [7, 11) is 0. The second-order valence-electron chi connectivity index (χ2n) is 6.28. The fourth-order valence-corrected chi connectivity index (χ4v) is 3.85. The Morgan fingerprint density at radius 1 is 1.17 bits per heavy atom. The maximum atomic E-state index is 12.4. The summed E-state index contributed by atoms with van der Waals surface area (Å²) in [5.74, 6) is -1.61. The molecule has 1 aliphatic carbocycles. The third-order valence-corrected chi connectivity index (χ3v) is 5.11. The molecule has 1 aromatic carbocycles. The van der Waals surface area contributed by atoms with Crippen molar-refractivity contribution >= 4 is 5.91 Å². The highest BCUT2D eigenvalue weighted by Crippen LogP contribution is 2.50. The van der Waals surface area contributed by atoms with Crippen molar-refractivity contribution in [3.63, 3.8) is 0 Å². The standard InChI is InChI=1S/C15H17NO7/c1-4-9-7(11(18)13(20)10(4)17)5-2-6-14(23-3-22-6)12(19)8(5)15(21)16-9/h2,4,7,9-11,13,17-20H,3H2,1H3,(H,16,21)/t4-,7+,9+,10-,11+,13+/m0/s1. The van der Waals surface area contributed by atoms with Crippen LogP contribution in [0.5, 0.6) is 17.2 Å². The number of aromatic hydroxyl groups is 1. The van der Waals surface area contributed by atoms with Crippen LogP contribution in [0.2, 0.25) is 0 Å². The van der Waals surface area contributed by atoms with Gasteiger partial charge in [0.2, 0.25) is 12.5 Å². The number of amides is 1. The van der Waals surface area contributed by atoms with Crippen LogP contribution >= 0.6 is 0 Å². The van der Waals surface area contributed by atoms with Crippen LogP contribution in [0.3, 0.4) is 0 Å². The molecule has 0 saturated heterocycles. The van der Waals surface area contributed by atoms with E-state index in [2.05, 4.69) is 5.32 Å². The summed E-state index contributed by atoms with van der Waals surface area (Å²) in [5.41, 5.74) is 0.385. The molecule has 3 aliphatic rings. The Morgan fingerprint density at radius 2 is 1.91 bits per heavy atom. The van der Waals surface area contributed by atoms with Gasteiger partial charge in [0.1, 0.15) is 6.10 Å². The molecule has 0 bridgehead atoms. The third-order valence-electron chi connectivity index (χ3n) is 5.11. The number of carbonyl (C=O) groups is 1. The van der Waals surface area contributed by atoms with Crippen molar-refractivity contribution in [2.75, 3.05) is 6.79 Å². The maximum Gasteiger partial charge on any atom is 0.255 e. The summed E-state index contributed by atoms with van der Waals surface area (Å²) in [4.78, 5) is 12.4. The van der Waals surface area contributed by atoms with Crippen LogP contribution < -0.4 is 14.8 Å². The largest absolute Gasteiger partial charge is 0.504 e. The molecule has 2 heterocycles. The number of aliphatic hydroxyl groups is 3. The zero-order valence-electron chi connectivity index (χ0n) is 12.3. The number of benzene rings is 1. The van der Waals surface area contributed by atoms with Gasteiger partial charge >= 0.3 is 0 Å². The minimum Gasteiger partial charge on any atom is -0.504 e. The van der Waals surface area contributed by atoms with Gasteiger partial charge in [-0.3, -0.25) is 4.79 Å². The van der Waals surface area contributed by atoms with Crippen LogP contribution in [-0.4, -0.2) is 57.5 Å². The monoisotopic (exact) mass is 323 g/mol. The Kier molecular flexibility index (Phi) is 2.99. The number of phenols is 1. The average molecular weight is 323 g/mol. The normalized spacial score (nSPS) is 37.8. The molecular weight excluding hydrogens is 306 g/mol. The molecule has 124 valence electrons. The first-order chi connectivity index (χ1) is 10.9. The summed E-state index contributed by atoms with van der Waals surface area (Å²) in [6.07, 6.45) is -3.79. The lowest BCUT2D eigenvalue weighted by molar-refractivity contribution is -0.127. The van der Waals surface area contributed by atoms with Crippen LogP contribution in [-0.2, 0) is 0 Å². The lowest BCUT2D eigenvalue weighted by Gasteiger charge is -2.48. The maximum absolute atomic E-state index is 12.4. The van der Waals surface area contributed by atoms with Gasteiger partial charge < -0.3 is 35.2 Å². The molecule has 1 amide bonds. The molecule has 4 rings (SSSR count). The number of fused-ring (bicyclic) bond motifs is 4. The number of aliphatic hydroxyl groups excluding tert-OH is 3. The number of rotatable bonds is 0. The van der Waals surface area contributed by atoms with Crippen molar-refractivity contribution in [2.24, 2.45) is 5.92 Å².